The van der Waals surface area contributed by atoms with Gasteiger partial charge in [-0.25, -0.2) is 0 Å². The Morgan fingerprint density at radius 2 is 1.04 bits per heavy atom. The number of hydrogen-bond acceptors (Lipinski definition) is 1. The van der Waals surface area contributed by atoms with Crippen molar-refractivity contribution in [1.29, 1.82) is 0 Å². The molecule has 1 heteroatoms. The third-order valence-electron chi connectivity index (χ3n) is 12.7. The summed E-state index contributed by atoms with van der Waals surface area (Å²) in [6.45, 7) is 19.5. The summed E-state index contributed by atoms with van der Waals surface area (Å²) < 4.78 is 0. The second kappa shape index (κ2) is 9.94. The molecule has 0 bridgehead atoms. The van der Waals surface area contributed by atoms with E-state index in [-0.39, 0.29) is 21.7 Å². The fourth-order valence-corrected chi connectivity index (χ4v) is 8.79. The standard InChI is InChI=1S/C46H45N/c1-43(2)38-21-15-14-20-36(38)37-27-26-34(29-39(37)43)47(33-24-22-31(23-25-33)30-16-10-9-11-17-30)42-35-19-13-12-18-32(35)28-40-41(42)45(5,6)46(7,8)44(40,3)4/h9-29H,1-8H3. The maximum absolute atomic E-state index is 2.58. The molecule has 0 spiro atoms. The highest BCUT2D eigenvalue weighted by atomic mass is 15.1. The van der Waals surface area contributed by atoms with Crippen molar-refractivity contribution < 1.29 is 0 Å². The SMILES string of the molecule is CC1(C)c2ccccc2-c2ccc(N(c3ccc(-c4ccccc4)cc3)c3c4c(cc5ccccc35)C(C)(C)C(C)(C)C4(C)C)cc21. The van der Waals surface area contributed by atoms with Gasteiger partial charge < -0.3 is 4.90 Å². The van der Waals surface area contributed by atoms with Crippen molar-refractivity contribution >= 4 is 27.8 Å². The lowest BCUT2D eigenvalue weighted by Crippen LogP contribution is -2.42. The minimum absolute atomic E-state index is 0.0188. The van der Waals surface area contributed by atoms with E-state index in [4.69, 9.17) is 0 Å². The van der Waals surface area contributed by atoms with E-state index >= 15 is 0 Å². The van der Waals surface area contributed by atoms with Crippen LogP contribution in [-0.2, 0) is 16.2 Å². The number of rotatable bonds is 4. The highest BCUT2D eigenvalue weighted by Crippen LogP contribution is 2.65. The van der Waals surface area contributed by atoms with Gasteiger partial charge in [0.2, 0.25) is 0 Å². The maximum atomic E-state index is 2.58. The van der Waals surface area contributed by atoms with Crippen molar-refractivity contribution in [3.8, 4) is 22.3 Å². The number of hydrogen-bond donors (Lipinski definition) is 0. The van der Waals surface area contributed by atoms with E-state index in [0.717, 1.165) is 0 Å². The Morgan fingerprint density at radius 3 is 1.79 bits per heavy atom. The summed E-state index contributed by atoms with van der Waals surface area (Å²) >= 11 is 0. The van der Waals surface area contributed by atoms with Crippen molar-refractivity contribution in [1.82, 2.24) is 0 Å². The van der Waals surface area contributed by atoms with Crippen LogP contribution < -0.4 is 4.90 Å². The number of nitrogens with zero attached hydrogens (tertiary/aromatic N) is 1. The Balaban J connectivity index is 1.44. The average molecular weight is 612 g/mol. The van der Waals surface area contributed by atoms with Gasteiger partial charge in [-0.1, -0.05) is 159 Å². The van der Waals surface area contributed by atoms with Crippen LogP contribution in [0.2, 0.25) is 0 Å². The van der Waals surface area contributed by atoms with E-state index in [1.807, 2.05) is 0 Å². The first kappa shape index (κ1) is 29.8. The fraction of sp³-hybridized carbons (Fsp3) is 0.261. The van der Waals surface area contributed by atoms with E-state index < -0.39 is 0 Å². The van der Waals surface area contributed by atoms with Gasteiger partial charge >= 0.3 is 0 Å². The molecule has 0 saturated heterocycles. The molecular formula is C46H45N. The lowest BCUT2D eigenvalue weighted by atomic mass is 9.59. The van der Waals surface area contributed by atoms with Crippen molar-refractivity contribution in [3.05, 3.63) is 150 Å². The first-order valence-electron chi connectivity index (χ1n) is 17.1. The number of fused-ring (bicyclic) bond motifs is 5. The van der Waals surface area contributed by atoms with Gasteiger partial charge in [-0.15, -0.1) is 0 Å². The summed E-state index contributed by atoms with van der Waals surface area (Å²) in [6.07, 6.45) is 0. The monoisotopic (exact) mass is 611 g/mol. The van der Waals surface area contributed by atoms with Crippen LogP contribution >= 0.6 is 0 Å². The number of benzene rings is 6. The Kier molecular flexibility index (Phi) is 6.30. The second-order valence-corrected chi connectivity index (χ2v) is 15.9. The zero-order valence-electron chi connectivity index (χ0n) is 29.1. The summed E-state index contributed by atoms with van der Waals surface area (Å²) in [5.74, 6) is 0. The van der Waals surface area contributed by atoms with Gasteiger partial charge in [0.05, 0.1) is 5.69 Å². The molecular weight excluding hydrogens is 567 g/mol. The van der Waals surface area contributed by atoms with Gasteiger partial charge in [0.25, 0.3) is 0 Å². The van der Waals surface area contributed by atoms with E-state index in [1.165, 1.54) is 72.3 Å². The molecule has 2 aliphatic carbocycles. The predicted octanol–water partition coefficient (Wildman–Crippen LogP) is 12.9. The van der Waals surface area contributed by atoms with Crippen LogP contribution in [-0.4, -0.2) is 0 Å². The molecule has 0 N–H and O–H groups in total. The predicted molar refractivity (Wildman–Crippen MR) is 201 cm³/mol. The quantitative estimate of drug-likeness (QED) is 0.192. The van der Waals surface area contributed by atoms with Gasteiger partial charge in [0.15, 0.2) is 0 Å². The third-order valence-corrected chi connectivity index (χ3v) is 12.7. The van der Waals surface area contributed by atoms with Gasteiger partial charge in [0.1, 0.15) is 0 Å². The third kappa shape index (κ3) is 4.02. The molecule has 6 aromatic carbocycles. The highest BCUT2D eigenvalue weighted by Gasteiger charge is 2.58. The molecule has 6 aromatic rings. The normalized spacial score (nSPS) is 17.6. The summed E-state index contributed by atoms with van der Waals surface area (Å²) in [5, 5.41) is 2.59. The zero-order chi connectivity index (χ0) is 32.9. The Labute approximate surface area is 280 Å². The first-order valence-corrected chi connectivity index (χ1v) is 17.1. The van der Waals surface area contributed by atoms with Crippen molar-refractivity contribution in [2.24, 2.45) is 5.41 Å². The van der Waals surface area contributed by atoms with Crippen LogP contribution in [0.3, 0.4) is 0 Å². The minimum atomic E-state index is -0.0886. The van der Waals surface area contributed by atoms with Crippen molar-refractivity contribution in [2.45, 2.75) is 71.6 Å². The van der Waals surface area contributed by atoms with Crippen LogP contribution in [0.5, 0.6) is 0 Å². The van der Waals surface area contributed by atoms with E-state index in [1.54, 1.807) is 0 Å². The molecule has 0 amide bonds. The molecule has 8 rings (SSSR count). The smallest absolute Gasteiger partial charge is 0.0580 e. The first-order chi connectivity index (χ1) is 22.4. The molecule has 0 aliphatic heterocycles. The minimum Gasteiger partial charge on any atom is -0.310 e. The average Bonchev–Trinajstić information content (AvgIpc) is 3.36. The molecule has 1 nitrogen and oxygen atoms in total. The second-order valence-electron chi connectivity index (χ2n) is 15.9. The van der Waals surface area contributed by atoms with Crippen LogP contribution in [0.1, 0.15) is 77.6 Å². The van der Waals surface area contributed by atoms with Gasteiger partial charge in [-0.3, -0.25) is 0 Å². The van der Waals surface area contributed by atoms with E-state index in [0.29, 0.717) is 0 Å². The van der Waals surface area contributed by atoms with Crippen molar-refractivity contribution in [2.75, 3.05) is 4.90 Å². The van der Waals surface area contributed by atoms with Gasteiger partial charge in [-0.2, -0.15) is 0 Å². The summed E-state index contributed by atoms with van der Waals surface area (Å²) in [7, 11) is 0. The lowest BCUT2D eigenvalue weighted by Gasteiger charge is -2.45. The van der Waals surface area contributed by atoms with Crippen molar-refractivity contribution in [3.63, 3.8) is 0 Å². The van der Waals surface area contributed by atoms with Crippen LogP contribution in [0.25, 0.3) is 33.0 Å². The summed E-state index contributed by atoms with van der Waals surface area (Å²) in [5.41, 5.74) is 14.4. The topological polar surface area (TPSA) is 3.24 Å². The molecule has 0 heterocycles. The van der Waals surface area contributed by atoms with E-state index in [2.05, 4.69) is 188 Å². The molecule has 0 saturated carbocycles. The summed E-state index contributed by atoms with van der Waals surface area (Å²) in [6, 6.07) is 47.6. The molecule has 0 radical (unpaired) electrons. The van der Waals surface area contributed by atoms with Crippen LogP contribution in [0.4, 0.5) is 17.1 Å². The Morgan fingerprint density at radius 1 is 0.447 bits per heavy atom. The fourth-order valence-electron chi connectivity index (χ4n) is 8.79. The molecule has 0 fully saturated rings. The Hall–Kier alpha value is -4.62. The summed E-state index contributed by atoms with van der Waals surface area (Å²) in [4.78, 5) is 2.58. The van der Waals surface area contributed by atoms with Gasteiger partial charge in [0, 0.05) is 22.2 Å². The number of anilines is 3. The molecule has 234 valence electrons. The van der Waals surface area contributed by atoms with Gasteiger partial charge in [-0.05, 0) is 90.4 Å². The molecule has 0 aromatic heterocycles. The largest absolute Gasteiger partial charge is 0.310 e. The van der Waals surface area contributed by atoms with E-state index in [9.17, 15) is 0 Å². The molecule has 2 aliphatic rings. The van der Waals surface area contributed by atoms with Crippen LogP contribution in [0, 0.1) is 5.41 Å². The maximum Gasteiger partial charge on any atom is 0.0580 e. The molecule has 47 heavy (non-hydrogen) atoms. The molecule has 0 atom stereocenters. The lowest BCUT2D eigenvalue weighted by molar-refractivity contribution is 0.125. The highest BCUT2D eigenvalue weighted by molar-refractivity contribution is 6.03. The van der Waals surface area contributed by atoms with Crippen LogP contribution in [0.15, 0.2) is 127 Å². The molecule has 0 unspecified atom stereocenters. The Bertz CT molecular complexity index is 2180. The zero-order valence-corrected chi connectivity index (χ0v) is 29.1.